The lowest BCUT2D eigenvalue weighted by Gasteiger charge is -2.16. The van der Waals surface area contributed by atoms with E-state index in [2.05, 4.69) is 10.3 Å². The van der Waals surface area contributed by atoms with Gasteiger partial charge < -0.3 is 10.4 Å². The average molecular weight is 312 g/mol. The maximum Gasteiger partial charge on any atom is 0.220 e. The summed E-state index contributed by atoms with van der Waals surface area (Å²) in [5.41, 5.74) is 2.09. The van der Waals surface area contributed by atoms with E-state index in [9.17, 15) is 9.90 Å². The molecule has 2 rings (SSSR count). The normalized spacial score (nSPS) is 13.3. The molecule has 0 saturated heterocycles. The number of pyridine rings is 1. The number of hydrogen-bond donors (Lipinski definition) is 2. The zero-order valence-electron chi connectivity index (χ0n) is 13.5. The molecule has 2 N–H and O–H groups in total. The van der Waals surface area contributed by atoms with Gasteiger partial charge in [-0.2, -0.15) is 0 Å². The van der Waals surface area contributed by atoms with Crippen molar-refractivity contribution in [1.82, 2.24) is 10.3 Å². The van der Waals surface area contributed by atoms with Crippen LogP contribution in [0.4, 0.5) is 0 Å². The second-order valence-electron chi connectivity index (χ2n) is 5.89. The highest BCUT2D eigenvalue weighted by molar-refractivity contribution is 5.76. The molecule has 122 valence electrons. The quantitative estimate of drug-likeness (QED) is 0.787. The smallest absolute Gasteiger partial charge is 0.220 e. The molecule has 0 aliphatic carbocycles. The number of carbonyl (C=O) groups is 1. The van der Waals surface area contributed by atoms with Gasteiger partial charge in [0, 0.05) is 37.4 Å². The monoisotopic (exact) mass is 312 g/mol. The van der Waals surface area contributed by atoms with Crippen LogP contribution in [-0.4, -0.2) is 29.1 Å². The van der Waals surface area contributed by atoms with Crippen molar-refractivity contribution in [2.75, 3.05) is 13.2 Å². The summed E-state index contributed by atoms with van der Waals surface area (Å²) in [5, 5.41) is 12.4. The molecular formula is C19H24N2O2. The van der Waals surface area contributed by atoms with Gasteiger partial charge in [0.1, 0.15) is 0 Å². The van der Waals surface area contributed by atoms with E-state index in [-0.39, 0.29) is 24.3 Å². The molecule has 2 aromatic rings. The van der Waals surface area contributed by atoms with Crippen molar-refractivity contribution >= 4 is 5.91 Å². The van der Waals surface area contributed by atoms with Gasteiger partial charge in [-0.05, 0) is 30.0 Å². The molecule has 1 heterocycles. The lowest BCUT2D eigenvalue weighted by molar-refractivity contribution is -0.121. The molecule has 0 spiro atoms. The summed E-state index contributed by atoms with van der Waals surface area (Å²) in [7, 11) is 0. The summed E-state index contributed by atoms with van der Waals surface area (Å²) in [4.78, 5) is 16.3. The van der Waals surface area contributed by atoms with Crippen LogP contribution in [0.15, 0.2) is 54.7 Å². The number of aliphatic hydroxyl groups excluding tert-OH is 1. The fraction of sp³-hybridized carbons (Fsp3) is 0.368. The molecular weight excluding hydrogens is 288 g/mol. The summed E-state index contributed by atoms with van der Waals surface area (Å²) in [5.74, 6) is 0.182. The Morgan fingerprint density at radius 2 is 1.91 bits per heavy atom. The third kappa shape index (κ3) is 5.83. The van der Waals surface area contributed by atoms with Gasteiger partial charge in [0.25, 0.3) is 0 Å². The van der Waals surface area contributed by atoms with Crippen LogP contribution in [0.5, 0.6) is 0 Å². The SMILES string of the molecule is CC(CC(=O)NCC(CO)Cc1ccccn1)c1ccccc1. The number of amides is 1. The van der Waals surface area contributed by atoms with Crippen LogP contribution in [-0.2, 0) is 11.2 Å². The summed E-state index contributed by atoms with van der Waals surface area (Å²) in [6.07, 6.45) is 2.85. The fourth-order valence-electron chi connectivity index (χ4n) is 2.52. The van der Waals surface area contributed by atoms with Crippen molar-refractivity contribution < 1.29 is 9.90 Å². The van der Waals surface area contributed by atoms with Crippen LogP contribution in [0.2, 0.25) is 0 Å². The largest absolute Gasteiger partial charge is 0.396 e. The highest BCUT2D eigenvalue weighted by atomic mass is 16.3. The third-order valence-electron chi connectivity index (χ3n) is 3.93. The van der Waals surface area contributed by atoms with Crippen molar-refractivity contribution in [3.63, 3.8) is 0 Å². The molecule has 0 saturated carbocycles. The Bertz CT molecular complexity index is 587. The minimum absolute atomic E-state index is 0.0131. The van der Waals surface area contributed by atoms with E-state index in [1.165, 1.54) is 0 Å². The predicted octanol–water partition coefficient (Wildman–Crippen LogP) is 2.54. The van der Waals surface area contributed by atoms with Gasteiger partial charge in [-0.1, -0.05) is 43.3 Å². The van der Waals surface area contributed by atoms with Gasteiger partial charge in [0.05, 0.1) is 0 Å². The highest BCUT2D eigenvalue weighted by Crippen LogP contribution is 2.18. The third-order valence-corrected chi connectivity index (χ3v) is 3.93. The van der Waals surface area contributed by atoms with Crippen molar-refractivity contribution in [3.8, 4) is 0 Å². The van der Waals surface area contributed by atoms with E-state index >= 15 is 0 Å². The Kier molecular flexibility index (Phi) is 6.76. The fourth-order valence-corrected chi connectivity index (χ4v) is 2.52. The second-order valence-corrected chi connectivity index (χ2v) is 5.89. The van der Waals surface area contributed by atoms with E-state index in [1.54, 1.807) is 6.20 Å². The predicted molar refractivity (Wildman–Crippen MR) is 91.0 cm³/mol. The summed E-state index contributed by atoms with van der Waals surface area (Å²) in [6, 6.07) is 15.7. The van der Waals surface area contributed by atoms with E-state index in [0.29, 0.717) is 19.4 Å². The van der Waals surface area contributed by atoms with E-state index in [1.807, 2.05) is 55.5 Å². The zero-order chi connectivity index (χ0) is 16.5. The summed E-state index contributed by atoms with van der Waals surface area (Å²) in [6.45, 7) is 2.55. The van der Waals surface area contributed by atoms with Crippen molar-refractivity contribution in [2.45, 2.75) is 25.7 Å². The maximum absolute atomic E-state index is 12.1. The Balaban J connectivity index is 1.78. The van der Waals surface area contributed by atoms with Crippen molar-refractivity contribution in [3.05, 3.63) is 66.0 Å². The van der Waals surface area contributed by atoms with Crippen LogP contribution < -0.4 is 5.32 Å². The molecule has 0 radical (unpaired) electrons. The molecule has 0 bridgehead atoms. The van der Waals surface area contributed by atoms with Crippen LogP contribution in [0, 0.1) is 5.92 Å². The summed E-state index contributed by atoms with van der Waals surface area (Å²) < 4.78 is 0. The Labute approximate surface area is 137 Å². The number of aromatic nitrogens is 1. The molecule has 23 heavy (non-hydrogen) atoms. The lowest BCUT2D eigenvalue weighted by Crippen LogP contribution is -2.32. The number of nitrogens with zero attached hydrogens (tertiary/aromatic N) is 1. The average Bonchev–Trinajstić information content (AvgIpc) is 2.60. The topological polar surface area (TPSA) is 62.2 Å². The number of rotatable bonds is 8. The van der Waals surface area contributed by atoms with Crippen LogP contribution >= 0.6 is 0 Å². The van der Waals surface area contributed by atoms with E-state index < -0.39 is 0 Å². The van der Waals surface area contributed by atoms with Gasteiger partial charge in [0.15, 0.2) is 0 Å². The lowest BCUT2D eigenvalue weighted by atomic mass is 9.97. The van der Waals surface area contributed by atoms with Crippen LogP contribution in [0.3, 0.4) is 0 Å². The molecule has 2 unspecified atom stereocenters. The minimum Gasteiger partial charge on any atom is -0.396 e. The van der Waals surface area contributed by atoms with E-state index in [4.69, 9.17) is 0 Å². The molecule has 0 fully saturated rings. The van der Waals surface area contributed by atoms with E-state index in [0.717, 1.165) is 11.3 Å². The number of hydrogen-bond acceptors (Lipinski definition) is 3. The van der Waals surface area contributed by atoms with Crippen LogP contribution in [0.25, 0.3) is 0 Å². The standard InChI is InChI=1S/C19H24N2O2/c1-15(17-7-3-2-4-8-17)11-19(23)21-13-16(14-22)12-18-9-5-6-10-20-18/h2-10,15-16,22H,11-14H2,1H3,(H,21,23). The molecule has 1 amide bonds. The Morgan fingerprint density at radius 3 is 2.57 bits per heavy atom. The van der Waals surface area contributed by atoms with Gasteiger partial charge in [-0.15, -0.1) is 0 Å². The molecule has 0 aliphatic rings. The van der Waals surface area contributed by atoms with Crippen molar-refractivity contribution in [1.29, 1.82) is 0 Å². The number of nitrogens with one attached hydrogen (secondary N) is 1. The number of benzene rings is 1. The number of aliphatic hydroxyl groups is 1. The maximum atomic E-state index is 12.1. The minimum atomic E-state index is -0.0131. The van der Waals surface area contributed by atoms with Crippen molar-refractivity contribution in [2.24, 2.45) is 5.92 Å². The Hall–Kier alpha value is -2.20. The van der Waals surface area contributed by atoms with Gasteiger partial charge >= 0.3 is 0 Å². The second kappa shape index (κ2) is 9.06. The zero-order valence-corrected chi connectivity index (χ0v) is 13.5. The molecule has 4 nitrogen and oxygen atoms in total. The first-order valence-corrected chi connectivity index (χ1v) is 8.01. The van der Waals surface area contributed by atoms with Crippen LogP contribution in [0.1, 0.15) is 30.5 Å². The highest BCUT2D eigenvalue weighted by Gasteiger charge is 2.14. The first kappa shape index (κ1) is 17.2. The molecule has 0 aliphatic heterocycles. The molecule has 1 aromatic heterocycles. The van der Waals surface area contributed by atoms with Gasteiger partial charge in [-0.3, -0.25) is 9.78 Å². The first-order valence-electron chi connectivity index (χ1n) is 8.01. The molecule has 2 atom stereocenters. The molecule has 1 aromatic carbocycles. The first-order chi connectivity index (χ1) is 11.2. The Morgan fingerprint density at radius 1 is 1.17 bits per heavy atom. The number of carbonyl (C=O) groups excluding carboxylic acids is 1. The van der Waals surface area contributed by atoms with Gasteiger partial charge in [-0.25, -0.2) is 0 Å². The summed E-state index contributed by atoms with van der Waals surface area (Å²) >= 11 is 0. The van der Waals surface area contributed by atoms with Gasteiger partial charge in [0.2, 0.25) is 5.91 Å². The molecule has 4 heteroatoms.